The summed E-state index contributed by atoms with van der Waals surface area (Å²) in [5.74, 6) is 0.637. The molecule has 2 aliphatic heterocycles. The molecule has 0 aliphatic carbocycles. The van der Waals surface area contributed by atoms with Gasteiger partial charge in [-0.05, 0) is 31.2 Å². The van der Waals surface area contributed by atoms with Gasteiger partial charge in [-0.1, -0.05) is 19.1 Å². The maximum absolute atomic E-state index is 13.5. The highest BCUT2D eigenvalue weighted by Crippen LogP contribution is 2.22. The lowest BCUT2D eigenvalue weighted by Gasteiger charge is -2.34. The molecule has 1 unspecified atom stereocenters. The number of hydrogen-bond donors (Lipinski definition) is 2. The zero-order valence-electron chi connectivity index (χ0n) is 19.2. The Bertz CT molecular complexity index is 657. The first-order valence-corrected chi connectivity index (χ1v) is 11.7. The molecule has 2 fully saturated rings. The van der Waals surface area contributed by atoms with Gasteiger partial charge >= 0.3 is 0 Å². The fourth-order valence-corrected chi connectivity index (χ4v) is 4.19. The van der Waals surface area contributed by atoms with Crippen molar-refractivity contribution in [2.75, 3.05) is 85.2 Å². The van der Waals surface area contributed by atoms with Crippen molar-refractivity contribution in [2.45, 2.75) is 19.9 Å². The Labute approximate surface area is 186 Å². The highest BCUT2D eigenvalue weighted by molar-refractivity contribution is 5.79. The van der Waals surface area contributed by atoms with Crippen molar-refractivity contribution >= 4 is 5.96 Å². The van der Waals surface area contributed by atoms with Gasteiger partial charge in [-0.3, -0.25) is 14.8 Å². The lowest BCUT2D eigenvalue weighted by atomic mass is 10.0. The molecule has 1 atom stereocenters. The molecular formula is C23H39FN6O. The SMILES string of the molecule is CCNC(=NCC(c1ccc(F)cc1)N1CCOCC1)NCCN1CCN(CC)CC1. The predicted octanol–water partition coefficient (Wildman–Crippen LogP) is 1.39. The molecule has 0 radical (unpaired) electrons. The number of rotatable bonds is 9. The quantitative estimate of drug-likeness (QED) is 0.453. The van der Waals surface area contributed by atoms with Gasteiger partial charge in [0.2, 0.25) is 0 Å². The first-order valence-electron chi connectivity index (χ1n) is 11.7. The van der Waals surface area contributed by atoms with E-state index in [0.717, 1.165) is 90.2 Å². The monoisotopic (exact) mass is 434 g/mol. The smallest absolute Gasteiger partial charge is 0.191 e. The number of nitrogens with one attached hydrogen (secondary N) is 2. The third-order valence-corrected chi connectivity index (χ3v) is 6.14. The van der Waals surface area contributed by atoms with E-state index in [2.05, 4.69) is 39.2 Å². The van der Waals surface area contributed by atoms with Gasteiger partial charge in [-0.15, -0.1) is 0 Å². The number of hydrogen-bond acceptors (Lipinski definition) is 5. The maximum Gasteiger partial charge on any atom is 0.191 e. The number of ether oxygens (including phenoxy) is 1. The Morgan fingerprint density at radius 2 is 1.68 bits per heavy atom. The zero-order valence-corrected chi connectivity index (χ0v) is 19.2. The van der Waals surface area contributed by atoms with E-state index in [1.165, 1.54) is 12.1 Å². The number of benzene rings is 1. The summed E-state index contributed by atoms with van der Waals surface area (Å²) in [5, 5.41) is 6.86. The highest BCUT2D eigenvalue weighted by atomic mass is 19.1. The molecule has 1 aromatic carbocycles. The zero-order chi connectivity index (χ0) is 21.9. The fraction of sp³-hybridized carbons (Fsp3) is 0.696. The Morgan fingerprint density at radius 1 is 1.00 bits per heavy atom. The largest absolute Gasteiger partial charge is 0.379 e. The van der Waals surface area contributed by atoms with E-state index in [4.69, 9.17) is 9.73 Å². The normalized spacial score (nSPS) is 20.5. The van der Waals surface area contributed by atoms with Gasteiger partial charge in [0.1, 0.15) is 5.82 Å². The molecule has 7 nitrogen and oxygen atoms in total. The molecular weight excluding hydrogens is 395 g/mol. The van der Waals surface area contributed by atoms with E-state index >= 15 is 0 Å². The van der Waals surface area contributed by atoms with Gasteiger partial charge < -0.3 is 20.3 Å². The lowest BCUT2D eigenvalue weighted by Crippen LogP contribution is -2.49. The number of guanidine groups is 1. The highest BCUT2D eigenvalue weighted by Gasteiger charge is 2.23. The van der Waals surface area contributed by atoms with Crippen molar-refractivity contribution < 1.29 is 9.13 Å². The standard InChI is InChI=1S/C23H39FN6O/c1-3-25-23(26-9-10-29-13-11-28(4-2)12-14-29)27-19-22(30-15-17-31-18-16-30)20-5-7-21(24)8-6-20/h5-8,22H,3-4,9-19H2,1-2H3,(H2,25,26,27). The number of piperazine rings is 1. The summed E-state index contributed by atoms with van der Waals surface area (Å²) in [5.41, 5.74) is 1.09. The van der Waals surface area contributed by atoms with Crippen LogP contribution in [0.2, 0.25) is 0 Å². The van der Waals surface area contributed by atoms with Gasteiger partial charge in [0, 0.05) is 58.9 Å². The van der Waals surface area contributed by atoms with E-state index in [-0.39, 0.29) is 11.9 Å². The number of nitrogens with zero attached hydrogens (tertiary/aromatic N) is 4. The second-order valence-electron chi connectivity index (χ2n) is 8.14. The van der Waals surface area contributed by atoms with Crippen LogP contribution >= 0.6 is 0 Å². The van der Waals surface area contributed by atoms with Crippen LogP contribution in [-0.4, -0.2) is 106 Å². The summed E-state index contributed by atoms with van der Waals surface area (Å²) >= 11 is 0. The van der Waals surface area contributed by atoms with Crippen molar-refractivity contribution in [3.8, 4) is 0 Å². The molecule has 0 aromatic heterocycles. The van der Waals surface area contributed by atoms with Crippen LogP contribution in [-0.2, 0) is 4.74 Å². The van der Waals surface area contributed by atoms with E-state index in [1.807, 2.05) is 12.1 Å². The molecule has 3 rings (SSSR count). The Morgan fingerprint density at radius 3 is 2.32 bits per heavy atom. The molecule has 0 saturated carbocycles. The Hall–Kier alpha value is -1.74. The van der Waals surface area contributed by atoms with Gasteiger partial charge in [-0.2, -0.15) is 0 Å². The van der Waals surface area contributed by atoms with Gasteiger partial charge in [0.15, 0.2) is 5.96 Å². The molecule has 2 aliphatic rings. The molecule has 1 aromatic rings. The van der Waals surface area contributed by atoms with Gasteiger partial charge in [0.05, 0.1) is 25.8 Å². The van der Waals surface area contributed by atoms with Crippen LogP contribution in [0.25, 0.3) is 0 Å². The average molecular weight is 435 g/mol. The number of halogens is 1. The molecule has 2 N–H and O–H groups in total. The van der Waals surface area contributed by atoms with Crippen LogP contribution in [0.15, 0.2) is 29.3 Å². The summed E-state index contributed by atoms with van der Waals surface area (Å²) in [7, 11) is 0. The molecule has 174 valence electrons. The summed E-state index contributed by atoms with van der Waals surface area (Å²) < 4.78 is 19.0. The first-order chi connectivity index (χ1) is 15.2. The first kappa shape index (κ1) is 23.9. The Balaban J connectivity index is 1.56. The third-order valence-electron chi connectivity index (χ3n) is 6.14. The topological polar surface area (TPSA) is 55.4 Å². The molecule has 2 saturated heterocycles. The number of likely N-dealkylation sites (N-methyl/N-ethyl adjacent to an activating group) is 1. The van der Waals surface area contributed by atoms with Gasteiger partial charge in [0.25, 0.3) is 0 Å². The second kappa shape index (κ2) is 13.0. The van der Waals surface area contributed by atoms with E-state index in [0.29, 0.717) is 6.54 Å². The van der Waals surface area contributed by atoms with Crippen LogP contribution in [0.5, 0.6) is 0 Å². The summed E-state index contributed by atoms with van der Waals surface area (Å²) in [6.07, 6.45) is 0. The van der Waals surface area contributed by atoms with E-state index < -0.39 is 0 Å². The summed E-state index contributed by atoms with van der Waals surface area (Å²) in [4.78, 5) is 12.3. The molecule has 0 amide bonds. The van der Waals surface area contributed by atoms with Crippen LogP contribution in [0.1, 0.15) is 25.5 Å². The minimum Gasteiger partial charge on any atom is -0.379 e. The van der Waals surface area contributed by atoms with Crippen molar-refractivity contribution in [3.05, 3.63) is 35.6 Å². The second-order valence-corrected chi connectivity index (χ2v) is 8.14. The van der Waals surface area contributed by atoms with E-state index in [1.54, 1.807) is 0 Å². The maximum atomic E-state index is 13.5. The van der Waals surface area contributed by atoms with Crippen LogP contribution in [0, 0.1) is 5.82 Å². The minimum atomic E-state index is -0.206. The molecule has 31 heavy (non-hydrogen) atoms. The number of aliphatic imine (C=N–C) groups is 1. The minimum absolute atomic E-state index is 0.113. The summed E-state index contributed by atoms with van der Waals surface area (Å²) in [6.45, 7) is 16.5. The van der Waals surface area contributed by atoms with Crippen LogP contribution in [0.3, 0.4) is 0 Å². The molecule has 0 bridgehead atoms. The van der Waals surface area contributed by atoms with Crippen molar-refractivity contribution in [3.63, 3.8) is 0 Å². The lowest BCUT2D eigenvalue weighted by molar-refractivity contribution is 0.0179. The Kier molecular flexibility index (Phi) is 9.99. The van der Waals surface area contributed by atoms with Crippen molar-refractivity contribution in [2.24, 2.45) is 4.99 Å². The molecule has 8 heteroatoms. The summed E-state index contributed by atoms with van der Waals surface area (Å²) in [6, 6.07) is 6.94. The average Bonchev–Trinajstić information content (AvgIpc) is 2.81. The van der Waals surface area contributed by atoms with Crippen LogP contribution < -0.4 is 10.6 Å². The fourth-order valence-electron chi connectivity index (χ4n) is 4.19. The van der Waals surface area contributed by atoms with Crippen molar-refractivity contribution in [1.29, 1.82) is 0 Å². The van der Waals surface area contributed by atoms with Gasteiger partial charge in [-0.25, -0.2) is 4.39 Å². The predicted molar refractivity (Wildman–Crippen MR) is 124 cm³/mol. The molecule has 2 heterocycles. The number of morpholine rings is 1. The molecule has 0 spiro atoms. The van der Waals surface area contributed by atoms with Crippen molar-refractivity contribution in [1.82, 2.24) is 25.3 Å². The van der Waals surface area contributed by atoms with E-state index in [9.17, 15) is 4.39 Å². The third kappa shape index (κ3) is 7.71. The van der Waals surface area contributed by atoms with Crippen LogP contribution in [0.4, 0.5) is 4.39 Å².